The summed E-state index contributed by atoms with van der Waals surface area (Å²) in [5.41, 5.74) is 0.258. The van der Waals surface area contributed by atoms with Gasteiger partial charge in [-0.25, -0.2) is 0 Å². The summed E-state index contributed by atoms with van der Waals surface area (Å²) >= 11 is 2.14. The van der Waals surface area contributed by atoms with E-state index in [1.54, 1.807) is 0 Å². The molecule has 108 valence electrons. The summed E-state index contributed by atoms with van der Waals surface area (Å²) in [6.45, 7) is 17.5. The second kappa shape index (κ2) is 7.16. The zero-order valence-electron chi connectivity index (χ0n) is 13.1. The highest BCUT2D eigenvalue weighted by atomic mass is 32.2. The summed E-state index contributed by atoms with van der Waals surface area (Å²) in [5, 5.41) is 5.17. The molecule has 0 bridgehead atoms. The van der Waals surface area contributed by atoms with Crippen molar-refractivity contribution in [1.82, 2.24) is 10.2 Å². The monoisotopic (exact) mass is 272 g/mol. The van der Waals surface area contributed by atoms with Gasteiger partial charge in [0.2, 0.25) is 0 Å². The van der Waals surface area contributed by atoms with E-state index in [1.165, 1.54) is 25.9 Å². The molecule has 0 aliphatic carbocycles. The normalized spacial score (nSPS) is 28.3. The molecule has 0 aromatic carbocycles. The summed E-state index contributed by atoms with van der Waals surface area (Å²) in [6, 6.07) is 0.734. The van der Waals surface area contributed by atoms with Crippen LogP contribution in [0.15, 0.2) is 0 Å². The molecule has 2 nitrogen and oxygen atoms in total. The minimum Gasteiger partial charge on any atom is -0.312 e. The highest BCUT2D eigenvalue weighted by Crippen LogP contribution is 2.26. The van der Waals surface area contributed by atoms with Crippen LogP contribution in [0.2, 0.25) is 0 Å². The van der Waals surface area contributed by atoms with Gasteiger partial charge >= 0.3 is 0 Å². The van der Waals surface area contributed by atoms with Crippen LogP contribution in [0.25, 0.3) is 0 Å². The molecule has 18 heavy (non-hydrogen) atoms. The van der Waals surface area contributed by atoms with E-state index in [9.17, 15) is 0 Å². The largest absolute Gasteiger partial charge is 0.312 e. The Morgan fingerprint density at radius 3 is 2.28 bits per heavy atom. The standard InChI is InChI=1S/C15H32N2S/c1-12(8-7-9-16-15(4,5)6)17-10-13(2)18-14(3)11-17/h12-14,16H,7-11H2,1-6H3. The Hall–Kier alpha value is 0.270. The molecule has 3 heteroatoms. The van der Waals surface area contributed by atoms with Gasteiger partial charge in [-0.2, -0.15) is 11.8 Å². The molecule has 1 N–H and O–H groups in total. The molecule has 0 aromatic rings. The van der Waals surface area contributed by atoms with Crippen LogP contribution in [0.5, 0.6) is 0 Å². The Labute approximate surface area is 118 Å². The summed E-state index contributed by atoms with van der Waals surface area (Å²) in [5.74, 6) is 0. The Balaban J connectivity index is 2.21. The van der Waals surface area contributed by atoms with Gasteiger partial charge < -0.3 is 5.32 Å². The fourth-order valence-electron chi connectivity index (χ4n) is 2.62. The van der Waals surface area contributed by atoms with Gasteiger partial charge in [0.15, 0.2) is 0 Å². The van der Waals surface area contributed by atoms with Crippen molar-refractivity contribution in [2.75, 3.05) is 19.6 Å². The van der Waals surface area contributed by atoms with E-state index >= 15 is 0 Å². The quantitative estimate of drug-likeness (QED) is 0.773. The minimum absolute atomic E-state index is 0.258. The third-order valence-electron chi connectivity index (χ3n) is 3.53. The van der Waals surface area contributed by atoms with Gasteiger partial charge in [-0.3, -0.25) is 4.90 Å². The summed E-state index contributed by atoms with van der Waals surface area (Å²) < 4.78 is 0. The van der Waals surface area contributed by atoms with Gasteiger partial charge in [0.05, 0.1) is 0 Å². The van der Waals surface area contributed by atoms with Gasteiger partial charge in [0.1, 0.15) is 0 Å². The summed E-state index contributed by atoms with van der Waals surface area (Å²) in [4.78, 5) is 2.68. The Morgan fingerprint density at radius 1 is 1.22 bits per heavy atom. The zero-order chi connectivity index (χ0) is 13.8. The van der Waals surface area contributed by atoms with Crippen LogP contribution >= 0.6 is 11.8 Å². The second-order valence-electron chi connectivity index (χ2n) is 6.88. The van der Waals surface area contributed by atoms with Crippen LogP contribution in [0, 0.1) is 0 Å². The molecular formula is C15H32N2S. The number of hydrogen-bond acceptors (Lipinski definition) is 3. The van der Waals surface area contributed by atoms with Crippen molar-refractivity contribution >= 4 is 11.8 Å². The number of thioether (sulfide) groups is 1. The van der Waals surface area contributed by atoms with Crippen molar-refractivity contribution in [3.05, 3.63) is 0 Å². The van der Waals surface area contributed by atoms with E-state index in [2.05, 4.69) is 63.5 Å². The molecule has 1 aliphatic rings. The minimum atomic E-state index is 0.258. The first-order valence-electron chi connectivity index (χ1n) is 7.42. The first-order valence-corrected chi connectivity index (χ1v) is 8.37. The zero-order valence-corrected chi connectivity index (χ0v) is 13.9. The number of nitrogens with zero attached hydrogens (tertiary/aromatic N) is 1. The summed E-state index contributed by atoms with van der Waals surface area (Å²) in [6.07, 6.45) is 2.60. The van der Waals surface area contributed by atoms with Gasteiger partial charge in [-0.05, 0) is 47.1 Å². The molecular weight excluding hydrogens is 240 g/mol. The van der Waals surface area contributed by atoms with Crippen molar-refractivity contribution < 1.29 is 0 Å². The summed E-state index contributed by atoms with van der Waals surface area (Å²) in [7, 11) is 0. The number of hydrogen-bond donors (Lipinski definition) is 1. The SMILES string of the molecule is CC1CN(C(C)CCCNC(C)(C)C)CC(C)S1. The number of nitrogens with one attached hydrogen (secondary N) is 1. The smallest absolute Gasteiger partial charge is 0.0149 e. The molecule has 0 amide bonds. The third kappa shape index (κ3) is 6.44. The van der Waals surface area contributed by atoms with E-state index < -0.39 is 0 Å². The average molecular weight is 273 g/mol. The lowest BCUT2D eigenvalue weighted by atomic mass is 10.1. The van der Waals surface area contributed by atoms with Crippen LogP contribution in [0.3, 0.4) is 0 Å². The Kier molecular flexibility index (Phi) is 6.49. The van der Waals surface area contributed by atoms with E-state index in [0.717, 1.165) is 23.1 Å². The first-order chi connectivity index (χ1) is 8.28. The highest BCUT2D eigenvalue weighted by Gasteiger charge is 2.25. The maximum atomic E-state index is 3.58. The van der Waals surface area contributed by atoms with E-state index in [0.29, 0.717) is 0 Å². The van der Waals surface area contributed by atoms with Crippen molar-refractivity contribution in [1.29, 1.82) is 0 Å². The van der Waals surface area contributed by atoms with Crippen molar-refractivity contribution in [2.45, 2.75) is 76.5 Å². The molecule has 0 radical (unpaired) electrons. The maximum absolute atomic E-state index is 3.58. The average Bonchev–Trinajstić information content (AvgIpc) is 2.21. The van der Waals surface area contributed by atoms with Gasteiger partial charge in [0.25, 0.3) is 0 Å². The molecule has 3 atom stereocenters. The lowest BCUT2D eigenvalue weighted by molar-refractivity contribution is 0.194. The van der Waals surface area contributed by atoms with Gasteiger partial charge in [0, 0.05) is 35.2 Å². The highest BCUT2D eigenvalue weighted by molar-refractivity contribution is 8.00. The Morgan fingerprint density at radius 2 is 1.78 bits per heavy atom. The molecule has 1 rings (SSSR count). The molecule has 0 aromatic heterocycles. The van der Waals surface area contributed by atoms with E-state index in [4.69, 9.17) is 0 Å². The first kappa shape index (κ1) is 16.3. The second-order valence-corrected chi connectivity index (χ2v) is 8.76. The van der Waals surface area contributed by atoms with Crippen LogP contribution < -0.4 is 5.32 Å². The molecule has 1 fully saturated rings. The van der Waals surface area contributed by atoms with Crippen LogP contribution in [-0.4, -0.2) is 46.6 Å². The van der Waals surface area contributed by atoms with Gasteiger partial charge in [-0.1, -0.05) is 13.8 Å². The fraction of sp³-hybridized carbons (Fsp3) is 1.00. The van der Waals surface area contributed by atoms with Crippen molar-refractivity contribution in [3.63, 3.8) is 0 Å². The lowest BCUT2D eigenvalue weighted by Gasteiger charge is -2.38. The maximum Gasteiger partial charge on any atom is 0.0149 e. The lowest BCUT2D eigenvalue weighted by Crippen LogP contribution is -2.45. The van der Waals surface area contributed by atoms with Crippen LogP contribution in [0.1, 0.15) is 54.4 Å². The fourth-order valence-corrected chi connectivity index (χ4v) is 3.97. The topological polar surface area (TPSA) is 15.3 Å². The van der Waals surface area contributed by atoms with E-state index in [1.807, 2.05) is 0 Å². The van der Waals surface area contributed by atoms with Crippen molar-refractivity contribution in [2.24, 2.45) is 0 Å². The van der Waals surface area contributed by atoms with Gasteiger partial charge in [-0.15, -0.1) is 0 Å². The molecule has 0 spiro atoms. The molecule has 1 aliphatic heterocycles. The number of rotatable bonds is 5. The van der Waals surface area contributed by atoms with Crippen molar-refractivity contribution in [3.8, 4) is 0 Å². The molecule has 1 heterocycles. The molecule has 3 unspecified atom stereocenters. The Bertz CT molecular complexity index is 227. The molecule has 0 saturated carbocycles. The molecule has 1 saturated heterocycles. The predicted molar refractivity (Wildman–Crippen MR) is 84.5 cm³/mol. The van der Waals surface area contributed by atoms with Crippen LogP contribution in [0.4, 0.5) is 0 Å². The predicted octanol–water partition coefficient (Wildman–Crippen LogP) is 3.37. The van der Waals surface area contributed by atoms with Crippen LogP contribution in [-0.2, 0) is 0 Å². The van der Waals surface area contributed by atoms with E-state index in [-0.39, 0.29) is 5.54 Å². The third-order valence-corrected chi connectivity index (χ3v) is 4.75.